The van der Waals surface area contributed by atoms with Crippen molar-refractivity contribution in [3.8, 4) is 0 Å². The van der Waals surface area contributed by atoms with Crippen LogP contribution in [0, 0.1) is 0 Å². The quantitative estimate of drug-likeness (QED) is 0.293. The van der Waals surface area contributed by atoms with Gasteiger partial charge in [0.15, 0.2) is 10.2 Å². The summed E-state index contributed by atoms with van der Waals surface area (Å²) in [4.78, 5) is 22.6. The Balaban J connectivity index is 0.000000320. The van der Waals surface area contributed by atoms with Crippen molar-refractivity contribution in [1.29, 1.82) is 0 Å². The molecular weight excluding hydrogens is 487 g/mol. The molecule has 172 valence electrons. The van der Waals surface area contributed by atoms with Crippen LogP contribution in [0.3, 0.4) is 0 Å². The number of thiocarbonyl (C=S) groups is 2. The monoisotopic (exact) mass is 512 g/mol. The first-order chi connectivity index (χ1) is 15.4. The second kappa shape index (κ2) is 17.3. The molecule has 32 heavy (non-hydrogen) atoms. The third-order valence-corrected chi connectivity index (χ3v) is 4.59. The molecule has 2 aromatic rings. The highest BCUT2D eigenvalue weighted by Gasteiger charge is 2.04. The second-order valence-electron chi connectivity index (χ2n) is 6.32. The van der Waals surface area contributed by atoms with E-state index in [1.165, 1.54) is 0 Å². The van der Waals surface area contributed by atoms with E-state index in [0.717, 1.165) is 11.4 Å². The molecule has 0 aliphatic rings. The number of carbonyl (C=O) groups excluding carboxylic acids is 2. The molecule has 0 spiro atoms. The average molecular weight is 514 g/mol. The summed E-state index contributed by atoms with van der Waals surface area (Å²) in [5, 5.41) is 11.6. The van der Waals surface area contributed by atoms with E-state index in [1.54, 1.807) is 0 Å². The first-order valence-corrected chi connectivity index (χ1v) is 11.8. The molecule has 0 saturated heterocycles. The molecule has 0 saturated carbocycles. The minimum Gasteiger partial charge on any atom is -0.332 e. The van der Waals surface area contributed by atoms with E-state index in [2.05, 4.69) is 21.3 Å². The van der Waals surface area contributed by atoms with Gasteiger partial charge < -0.3 is 21.3 Å². The van der Waals surface area contributed by atoms with Crippen molar-refractivity contribution in [1.82, 2.24) is 10.6 Å². The highest BCUT2D eigenvalue weighted by Crippen LogP contribution is 2.05. The highest BCUT2D eigenvalue weighted by atomic mass is 35.5. The number of rotatable bonds is 8. The lowest BCUT2D eigenvalue weighted by molar-refractivity contribution is -0.120. The Hall–Kier alpha value is -2.26. The van der Waals surface area contributed by atoms with Crippen LogP contribution in [0.25, 0.3) is 0 Å². The Kier molecular flexibility index (Phi) is 15.0. The Morgan fingerprint density at radius 2 is 1.00 bits per heavy atom. The molecule has 0 fully saturated rings. The number of anilines is 2. The summed E-state index contributed by atoms with van der Waals surface area (Å²) in [6.45, 7) is 0. The lowest BCUT2D eigenvalue weighted by atomic mass is 10.3. The molecule has 0 bridgehead atoms. The van der Waals surface area contributed by atoms with Crippen LogP contribution in [0.15, 0.2) is 60.7 Å². The van der Waals surface area contributed by atoms with E-state index in [1.807, 2.05) is 60.7 Å². The molecule has 10 heteroatoms. The van der Waals surface area contributed by atoms with E-state index < -0.39 is 0 Å². The lowest BCUT2D eigenvalue weighted by Gasteiger charge is -2.08. The van der Waals surface area contributed by atoms with Crippen LogP contribution in [0.5, 0.6) is 0 Å². The van der Waals surface area contributed by atoms with Crippen LogP contribution in [-0.2, 0) is 9.59 Å². The van der Waals surface area contributed by atoms with Gasteiger partial charge in [0.05, 0.1) is 0 Å². The van der Waals surface area contributed by atoms with Crippen molar-refractivity contribution in [3.63, 3.8) is 0 Å². The third kappa shape index (κ3) is 13.9. The average Bonchev–Trinajstić information content (AvgIpc) is 2.78. The van der Waals surface area contributed by atoms with Gasteiger partial charge in [0.25, 0.3) is 0 Å². The zero-order valence-electron chi connectivity index (χ0n) is 17.4. The molecule has 4 N–H and O–H groups in total. The van der Waals surface area contributed by atoms with Crippen LogP contribution in [0.1, 0.15) is 25.7 Å². The minimum atomic E-state index is -0.117. The van der Waals surface area contributed by atoms with Gasteiger partial charge in [-0.2, -0.15) is 0 Å². The van der Waals surface area contributed by atoms with E-state index in [-0.39, 0.29) is 11.8 Å². The van der Waals surface area contributed by atoms with Crippen LogP contribution in [-0.4, -0.2) is 33.8 Å². The van der Waals surface area contributed by atoms with Crippen molar-refractivity contribution in [2.45, 2.75) is 25.7 Å². The molecule has 0 unspecified atom stereocenters. The SMILES string of the molecule is O=C(CCCCl)NC(=S)Nc1ccccc1.O=C(CCCCl)NC(=S)Nc1ccccc1. The van der Waals surface area contributed by atoms with Gasteiger partial charge in [-0.3, -0.25) is 9.59 Å². The van der Waals surface area contributed by atoms with E-state index in [9.17, 15) is 9.59 Å². The van der Waals surface area contributed by atoms with Gasteiger partial charge >= 0.3 is 0 Å². The van der Waals surface area contributed by atoms with E-state index in [4.69, 9.17) is 47.6 Å². The van der Waals surface area contributed by atoms with Crippen molar-refractivity contribution < 1.29 is 9.59 Å². The molecule has 2 rings (SSSR count). The number of benzene rings is 2. The molecule has 0 aliphatic carbocycles. The Morgan fingerprint density at radius 1 is 0.656 bits per heavy atom. The summed E-state index contributed by atoms with van der Waals surface area (Å²) >= 11 is 20.9. The van der Waals surface area contributed by atoms with Crippen molar-refractivity contribution in [2.24, 2.45) is 0 Å². The maximum Gasteiger partial charge on any atom is 0.226 e. The minimum absolute atomic E-state index is 0.117. The molecule has 0 radical (unpaired) electrons. The van der Waals surface area contributed by atoms with Gasteiger partial charge in [0, 0.05) is 36.0 Å². The second-order valence-corrected chi connectivity index (χ2v) is 7.89. The number of hydrogen-bond donors (Lipinski definition) is 4. The number of amides is 2. The lowest BCUT2D eigenvalue weighted by Crippen LogP contribution is -2.33. The normalized spacial score (nSPS) is 9.56. The summed E-state index contributed by atoms with van der Waals surface area (Å²) in [6.07, 6.45) is 2.09. The Bertz CT molecular complexity index is 784. The highest BCUT2D eigenvalue weighted by molar-refractivity contribution is 7.80. The summed E-state index contributed by atoms with van der Waals surface area (Å²) in [5.41, 5.74) is 1.70. The van der Waals surface area contributed by atoms with Gasteiger partial charge in [-0.15, -0.1) is 23.2 Å². The van der Waals surface area contributed by atoms with Crippen LogP contribution < -0.4 is 21.3 Å². The molecule has 0 atom stereocenters. The predicted octanol–water partition coefficient (Wildman–Crippen LogP) is 5.04. The zero-order valence-corrected chi connectivity index (χ0v) is 20.5. The number of hydrogen-bond acceptors (Lipinski definition) is 4. The molecule has 2 amide bonds. The van der Waals surface area contributed by atoms with Crippen LogP contribution >= 0.6 is 47.6 Å². The first kappa shape index (κ1) is 27.8. The maximum atomic E-state index is 11.3. The Labute approximate surface area is 209 Å². The summed E-state index contributed by atoms with van der Waals surface area (Å²) in [7, 11) is 0. The third-order valence-electron chi connectivity index (χ3n) is 3.64. The molecule has 0 heterocycles. The van der Waals surface area contributed by atoms with Gasteiger partial charge in [-0.1, -0.05) is 36.4 Å². The fourth-order valence-electron chi connectivity index (χ4n) is 2.20. The zero-order chi connectivity index (χ0) is 23.6. The van der Waals surface area contributed by atoms with Gasteiger partial charge in [0.2, 0.25) is 11.8 Å². The fraction of sp³-hybridized carbons (Fsp3) is 0.273. The van der Waals surface area contributed by atoms with Crippen LogP contribution in [0.4, 0.5) is 11.4 Å². The van der Waals surface area contributed by atoms with Crippen molar-refractivity contribution in [2.75, 3.05) is 22.4 Å². The maximum absolute atomic E-state index is 11.3. The standard InChI is InChI=1S/2C11H13ClN2OS/c2*12-8-4-7-10(15)14-11(16)13-9-5-2-1-3-6-9/h2*1-3,5-6H,4,7-8H2,(H2,13,14,15,16). The topological polar surface area (TPSA) is 82.3 Å². The van der Waals surface area contributed by atoms with Gasteiger partial charge in [0.1, 0.15) is 0 Å². The summed E-state index contributed by atoms with van der Waals surface area (Å²) < 4.78 is 0. The van der Waals surface area contributed by atoms with Crippen LogP contribution in [0.2, 0.25) is 0 Å². The fourth-order valence-corrected chi connectivity index (χ4v) is 2.93. The number of carbonyl (C=O) groups is 2. The van der Waals surface area contributed by atoms with Crippen molar-refractivity contribution in [3.05, 3.63) is 60.7 Å². The van der Waals surface area contributed by atoms with Crippen molar-refractivity contribution >= 4 is 81.1 Å². The summed E-state index contributed by atoms with van der Waals surface area (Å²) in [6, 6.07) is 18.9. The number of halogens is 2. The number of nitrogens with one attached hydrogen (secondary N) is 4. The number of alkyl halides is 2. The van der Waals surface area contributed by atoms with E-state index >= 15 is 0 Å². The first-order valence-electron chi connectivity index (χ1n) is 9.88. The smallest absolute Gasteiger partial charge is 0.226 e. The van der Waals surface area contributed by atoms with Gasteiger partial charge in [-0.05, 0) is 61.5 Å². The number of para-hydroxylation sites is 2. The molecule has 0 aromatic heterocycles. The Morgan fingerprint density at radius 3 is 1.31 bits per heavy atom. The molecule has 6 nitrogen and oxygen atoms in total. The largest absolute Gasteiger partial charge is 0.332 e. The summed E-state index contributed by atoms with van der Waals surface area (Å²) in [5.74, 6) is 0.724. The molecule has 2 aromatic carbocycles. The van der Waals surface area contributed by atoms with E-state index in [0.29, 0.717) is 47.7 Å². The molecule has 0 aliphatic heterocycles. The predicted molar refractivity (Wildman–Crippen MR) is 142 cm³/mol. The molecular formula is C22H26Cl2N4O2S2. The van der Waals surface area contributed by atoms with Gasteiger partial charge in [-0.25, -0.2) is 0 Å².